The summed E-state index contributed by atoms with van der Waals surface area (Å²) in [5.41, 5.74) is 2.29. The minimum Gasteiger partial charge on any atom is -0.357 e. The summed E-state index contributed by atoms with van der Waals surface area (Å²) in [4.78, 5) is 18.6. The number of amides is 1. The van der Waals surface area contributed by atoms with Gasteiger partial charge >= 0.3 is 0 Å². The molecule has 2 aromatic rings. The van der Waals surface area contributed by atoms with Gasteiger partial charge < -0.3 is 15.5 Å². The fourth-order valence-corrected chi connectivity index (χ4v) is 2.52. The molecular weight excluding hydrogens is 451 g/mol. The highest BCUT2D eigenvalue weighted by molar-refractivity contribution is 14.0. The Morgan fingerprint density at radius 2 is 1.56 bits per heavy atom. The molecule has 0 bridgehead atoms. The van der Waals surface area contributed by atoms with Crippen molar-refractivity contribution in [3.8, 4) is 0 Å². The van der Waals surface area contributed by atoms with Gasteiger partial charge in [0.05, 0.1) is 6.54 Å². The second-order valence-electron chi connectivity index (χ2n) is 6.09. The fourth-order valence-electron chi connectivity index (χ4n) is 2.52. The lowest BCUT2D eigenvalue weighted by Crippen LogP contribution is -2.39. The monoisotopic (exact) mass is 480 g/mol. The fraction of sp³-hybridized carbons (Fsp3) is 0.333. The van der Waals surface area contributed by atoms with Gasteiger partial charge in [-0.1, -0.05) is 60.7 Å². The molecule has 0 atom stereocenters. The lowest BCUT2D eigenvalue weighted by molar-refractivity contribution is -0.130. The number of rotatable bonds is 8. The summed E-state index contributed by atoms with van der Waals surface area (Å²) in [6, 6.07) is 20.1. The maximum absolute atomic E-state index is 12.3. The summed E-state index contributed by atoms with van der Waals surface area (Å²) in [6.07, 6.45) is 0.430. The van der Waals surface area contributed by atoms with Crippen molar-refractivity contribution in [1.29, 1.82) is 0 Å². The van der Waals surface area contributed by atoms with Crippen LogP contribution in [0.25, 0.3) is 0 Å². The molecule has 0 aromatic heterocycles. The van der Waals surface area contributed by atoms with E-state index in [1.165, 1.54) is 0 Å². The van der Waals surface area contributed by atoms with Crippen LogP contribution in [0, 0.1) is 0 Å². The van der Waals surface area contributed by atoms with Crippen molar-refractivity contribution in [3.05, 3.63) is 71.8 Å². The number of halogens is 1. The summed E-state index contributed by atoms with van der Waals surface area (Å²) >= 11 is 0. The van der Waals surface area contributed by atoms with Gasteiger partial charge in [-0.2, -0.15) is 0 Å². The van der Waals surface area contributed by atoms with Gasteiger partial charge in [-0.3, -0.25) is 4.79 Å². The lowest BCUT2D eigenvalue weighted by Gasteiger charge is -2.18. The third kappa shape index (κ3) is 8.90. The molecule has 0 aliphatic rings. The Morgan fingerprint density at radius 1 is 0.963 bits per heavy atom. The second kappa shape index (κ2) is 13.1. The van der Waals surface area contributed by atoms with Crippen molar-refractivity contribution >= 4 is 35.8 Å². The minimum atomic E-state index is 0. The molecule has 0 aliphatic heterocycles. The smallest absolute Gasteiger partial charge is 0.224 e. The predicted octanol–water partition coefficient (Wildman–Crippen LogP) is 3.41. The standard InChI is InChI=1S/C21H28N4O.HI/c1-3-22-21(24-16-18-10-6-4-7-11-18)23-15-14-20(26)25(2)17-19-12-8-5-9-13-19;/h4-13H,3,14-17H2,1-2H3,(H2,22,23,24);1H. The number of aliphatic imine (C=N–C) groups is 1. The molecule has 5 nitrogen and oxygen atoms in total. The van der Waals surface area contributed by atoms with Crippen molar-refractivity contribution in [2.24, 2.45) is 4.99 Å². The molecule has 2 aromatic carbocycles. The van der Waals surface area contributed by atoms with E-state index in [4.69, 9.17) is 0 Å². The normalized spacial score (nSPS) is 10.7. The van der Waals surface area contributed by atoms with Crippen LogP contribution in [0.5, 0.6) is 0 Å². The maximum Gasteiger partial charge on any atom is 0.224 e. The highest BCUT2D eigenvalue weighted by atomic mass is 127. The lowest BCUT2D eigenvalue weighted by atomic mass is 10.2. The van der Waals surface area contributed by atoms with Gasteiger partial charge in [-0.25, -0.2) is 4.99 Å². The summed E-state index contributed by atoms with van der Waals surface area (Å²) < 4.78 is 0. The average Bonchev–Trinajstić information content (AvgIpc) is 2.67. The summed E-state index contributed by atoms with van der Waals surface area (Å²) in [5, 5.41) is 6.44. The van der Waals surface area contributed by atoms with Crippen molar-refractivity contribution in [1.82, 2.24) is 15.5 Å². The number of hydrogen-bond acceptors (Lipinski definition) is 2. The number of guanidine groups is 1. The van der Waals surface area contributed by atoms with E-state index in [-0.39, 0.29) is 29.9 Å². The van der Waals surface area contributed by atoms with Crippen LogP contribution in [0.1, 0.15) is 24.5 Å². The van der Waals surface area contributed by atoms with Crippen molar-refractivity contribution < 1.29 is 4.79 Å². The molecule has 27 heavy (non-hydrogen) atoms. The first-order chi connectivity index (χ1) is 12.7. The molecular formula is C21H29IN4O. The molecule has 2 rings (SSSR count). The Labute approximate surface area is 179 Å². The number of carbonyl (C=O) groups excluding carboxylic acids is 1. The first-order valence-corrected chi connectivity index (χ1v) is 9.03. The number of nitrogens with zero attached hydrogens (tertiary/aromatic N) is 2. The molecule has 0 unspecified atom stereocenters. The molecule has 0 heterocycles. The Bertz CT molecular complexity index is 692. The average molecular weight is 480 g/mol. The molecule has 146 valence electrons. The van der Waals surface area contributed by atoms with Crippen LogP contribution in [0.4, 0.5) is 0 Å². The van der Waals surface area contributed by atoms with Crippen molar-refractivity contribution in [3.63, 3.8) is 0 Å². The Morgan fingerprint density at radius 3 is 2.15 bits per heavy atom. The number of nitrogens with one attached hydrogen (secondary N) is 2. The second-order valence-corrected chi connectivity index (χ2v) is 6.09. The van der Waals surface area contributed by atoms with Gasteiger partial charge in [0.15, 0.2) is 5.96 Å². The Hall–Kier alpha value is -2.09. The molecule has 0 saturated heterocycles. The number of carbonyl (C=O) groups is 1. The number of benzene rings is 2. The summed E-state index contributed by atoms with van der Waals surface area (Å²) in [7, 11) is 1.84. The quantitative estimate of drug-likeness (QED) is 0.346. The van der Waals surface area contributed by atoms with Crippen LogP contribution in [0.2, 0.25) is 0 Å². The van der Waals surface area contributed by atoms with Crippen LogP contribution in [-0.4, -0.2) is 36.9 Å². The van der Waals surface area contributed by atoms with E-state index < -0.39 is 0 Å². The van der Waals surface area contributed by atoms with Crippen molar-refractivity contribution in [2.45, 2.75) is 26.4 Å². The van der Waals surface area contributed by atoms with Gasteiger partial charge in [0.2, 0.25) is 5.91 Å². The van der Waals surface area contributed by atoms with E-state index in [2.05, 4.69) is 27.8 Å². The molecule has 0 spiro atoms. The Balaban J connectivity index is 0.00000364. The SMILES string of the molecule is CCNC(=NCc1ccccc1)NCCC(=O)N(C)Cc1ccccc1.I. The third-order valence-corrected chi connectivity index (χ3v) is 3.93. The highest BCUT2D eigenvalue weighted by Gasteiger charge is 2.09. The zero-order valence-electron chi connectivity index (χ0n) is 16.0. The topological polar surface area (TPSA) is 56.7 Å². The van der Waals surface area contributed by atoms with Crippen LogP contribution in [0.15, 0.2) is 65.7 Å². The largest absolute Gasteiger partial charge is 0.357 e. The molecule has 0 saturated carbocycles. The van der Waals surface area contributed by atoms with Crippen molar-refractivity contribution in [2.75, 3.05) is 20.1 Å². The zero-order chi connectivity index (χ0) is 18.6. The van der Waals surface area contributed by atoms with Gasteiger partial charge in [0.1, 0.15) is 0 Å². The van der Waals surface area contributed by atoms with Crippen LogP contribution >= 0.6 is 24.0 Å². The highest BCUT2D eigenvalue weighted by Crippen LogP contribution is 2.04. The summed E-state index contributed by atoms with van der Waals surface area (Å²) in [6.45, 7) is 4.60. The summed E-state index contributed by atoms with van der Waals surface area (Å²) in [5.74, 6) is 0.843. The van der Waals surface area contributed by atoms with E-state index in [9.17, 15) is 4.79 Å². The van der Waals surface area contributed by atoms with Crippen LogP contribution < -0.4 is 10.6 Å². The molecule has 6 heteroatoms. The molecule has 0 aliphatic carbocycles. The van der Waals surface area contributed by atoms with Gasteiger partial charge in [0.25, 0.3) is 0 Å². The Kier molecular flexibility index (Phi) is 11.2. The minimum absolute atomic E-state index is 0. The van der Waals surface area contributed by atoms with E-state index in [0.29, 0.717) is 26.1 Å². The van der Waals surface area contributed by atoms with E-state index in [1.54, 1.807) is 4.90 Å². The first kappa shape index (κ1) is 23.0. The van der Waals surface area contributed by atoms with Gasteiger partial charge in [0, 0.05) is 33.1 Å². The predicted molar refractivity (Wildman–Crippen MR) is 122 cm³/mol. The van der Waals surface area contributed by atoms with Gasteiger partial charge in [-0.15, -0.1) is 24.0 Å². The molecule has 0 fully saturated rings. The van der Waals surface area contributed by atoms with E-state index in [1.807, 2.05) is 62.5 Å². The van der Waals surface area contributed by atoms with E-state index in [0.717, 1.165) is 23.6 Å². The van der Waals surface area contributed by atoms with Crippen LogP contribution in [0.3, 0.4) is 0 Å². The molecule has 0 radical (unpaired) electrons. The van der Waals surface area contributed by atoms with Crippen LogP contribution in [-0.2, 0) is 17.9 Å². The zero-order valence-corrected chi connectivity index (χ0v) is 18.4. The van der Waals surface area contributed by atoms with Gasteiger partial charge in [-0.05, 0) is 18.1 Å². The first-order valence-electron chi connectivity index (χ1n) is 9.03. The van der Waals surface area contributed by atoms with E-state index >= 15 is 0 Å². The maximum atomic E-state index is 12.3. The molecule has 2 N–H and O–H groups in total. The number of hydrogen-bond donors (Lipinski definition) is 2. The third-order valence-electron chi connectivity index (χ3n) is 3.93. The molecule has 1 amide bonds.